The molecule has 0 saturated heterocycles. The molecule has 1 N–H and O–H groups in total. The van der Waals surface area contributed by atoms with Crippen molar-refractivity contribution < 1.29 is 9.42 Å². The Morgan fingerprint density at radius 1 is 1.62 bits per heavy atom. The average molecular weight is 240 g/mol. The van der Waals surface area contributed by atoms with Crippen molar-refractivity contribution in [3.05, 3.63) is 11.8 Å². The van der Waals surface area contributed by atoms with Crippen molar-refractivity contribution in [1.82, 2.24) is 0 Å². The molecule has 0 fully saturated rings. The fourth-order valence-electron chi connectivity index (χ4n) is 0.866. The molecule has 78 valence electrons. The van der Waals surface area contributed by atoms with E-state index in [2.05, 4.69) is 37.9 Å². The second kappa shape index (κ2) is 6.88. The van der Waals surface area contributed by atoms with Crippen molar-refractivity contribution in [2.45, 2.75) is 39.5 Å². The predicted octanol–water partition coefficient (Wildman–Crippen LogP) is 3.63. The second-order valence-electron chi connectivity index (χ2n) is 2.83. The lowest BCUT2D eigenvalue weighted by Crippen LogP contribution is -1.83. The summed E-state index contributed by atoms with van der Waals surface area (Å²) in [6, 6.07) is 0. The van der Waals surface area contributed by atoms with Crippen LogP contribution < -0.4 is 0 Å². The fraction of sp³-hybridized carbons (Fsp3) is 0.750. The third-order valence-corrected chi connectivity index (χ3v) is 2.58. The molecule has 13 heavy (non-hydrogen) atoms. The highest BCUT2D eigenvalue weighted by molar-refractivity contribution is 8.59. The van der Waals surface area contributed by atoms with Crippen LogP contribution in [0.25, 0.3) is 0 Å². The molecule has 0 amide bonds. The molecule has 0 aromatic heterocycles. The Kier molecular flexibility index (Phi) is 7.15. The third-order valence-electron chi connectivity index (χ3n) is 1.66. The molecule has 0 heterocycles. The molecule has 0 aliphatic rings. The first-order valence-corrected chi connectivity index (χ1v) is 8.24. The molecular weight excluding hydrogens is 223 g/mol. The van der Waals surface area contributed by atoms with E-state index in [9.17, 15) is 0 Å². The molecule has 0 radical (unpaired) electrons. The monoisotopic (exact) mass is 240 g/mol. The van der Waals surface area contributed by atoms with Crippen molar-refractivity contribution in [3.8, 4) is 0 Å². The number of allylic oxidation sites excluding steroid dienone is 1. The summed E-state index contributed by atoms with van der Waals surface area (Å²) in [5.74, 6) is 0. The Morgan fingerprint density at radius 2 is 2.23 bits per heavy atom. The average Bonchev–Trinajstić information content (AvgIpc) is 2.03. The predicted molar refractivity (Wildman–Crippen MR) is 64.5 cm³/mol. The molecule has 0 aromatic rings. The first-order valence-electron chi connectivity index (χ1n) is 4.41. The van der Waals surface area contributed by atoms with Crippen LogP contribution in [-0.2, 0) is 16.3 Å². The van der Waals surface area contributed by atoms with Gasteiger partial charge in [0.25, 0.3) is 5.69 Å². The summed E-state index contributed by atoms with van der Waals surface area (Å²) in [6.07, 6.45) is 5.82. The molecule has 0 aliphatic heterocycles. The van der Waals surface area contributed by atoms with Gasteiger partial charge in [0.1, 0.15) is 0 Å². The molecule has 0 aliphatic carbocycles. The Labute approximate surface area is 90.7 Å². The topological polar surface area (TPSA) is 29.5 Å². The van der Waals surface area contributed by atoms with Crippen LogP contribution in [0.5, 0.6) is 0 Å². The van der Waals surface area contributed by atoms with Gasteiger partial charge in [-0.2, -0.15) is 0 Å². The van der Waals surface area contributed by atoms with Crippen LogP contribution in [0.15, 0.2) is 11.8 Å². The maximum atomic E-state index is 9.11. The van der Waals surface area contributed by atoms with Crippen molar-refractivity contribution in [2.24, 2.45) is 0 Å². The Hall–Kier alpha value is 0.500. The van der Waals surface area contributed by atoms with Gasteiger partial charge in [-0.15, -0.1) is 0 Å². The van der Waals surface area contributed by atoms with E-state index in [4.69, 9.17) is 9.42 Å². The first kappa shape index (κ1) is 13.5. The Morgan fingerprint density at radius 3 is 2.62 bits per heavy atom. The van der Waals surface area contributed by atoms with Gasteiger partial charge in [0.15, 0.2) is 0 Å². The van der Waals surface area contributed by atoms with Gasteiger partial charge in [-0.05, 0) is 36.6 Å². The maximum Gasteiger partial charge on any atom is 0.291 e. The van der Waals surface area contributed by atoms with Crippen molar-refractivity contribution in [1.29, 1.82) is 0 Å². The number of hydrogen-bond donors (Lipinski definition) is 2. The van der Waals surface area contributed by atoms with Crippen molar-refractivity contribution in [3.63, 3.8) is 0 Å². The smallest absolute Gasteiger partial charge is 0.291 e. The minimum atomic E-state index is -2.81. The highest BCUT2D eigenvalue weighted by Gasteiger charge is 2.04. The highest BCUT2D eigenvalue weighted by Crippen LogP contribution is 2.47. The first-order chi connectivity index (χ1) is 5.99. The minimum absolute atomic E-state index is 0.934. The van der Waals surface area contributed by atoms with Gasteiger partial charge in [-0.3, -0.25) is 0 Å². The molecule has 0 aromatic carbocycles. The van der Waals surface area contributed by atoms with E-state index in [-0.39, 0.29) is 0 Å². The van der Waals surface area contributed by atoms with Gasteiger partial charge in [0, 0.05) is 0 Å². The fourth-order valence-corrected chi connectivity index (χ4v) is 1.42. The largest absolute Gasteiger partial charge is 0.444 e. The van der Waals surface area contributed by atoms with Crippen LogP contribution >= 0.6 is 17.9 Å². The van der Waals surface area contributed by atoms with Gasteiger partial charge in [-0.25, -0.2) is 0 Å². The second-order valence-corrected chi connectivity index (χ2v) is 7.94. The van der Waals surface area contributed by atoms with E-state index in [1.54, 1.807) is 6.26 Å². The molecular formula is C8H17O2PS2. The maximum absolute atomic E-state index is 9.11. The van der Waals surface area contributed by atoms with Gasteiger partial charge in [0.2, 0.25) is 0 Å². The van der Waals surface area contributed by atoms with Crippen LogP contribution in [0.3, 0.4) is 0 Å². The Balaban J connectivity index is 3.99. The molecule has 2 nitrogen and oxygen atoms in total. The van der Waals surface area contributed by atoms with E-state index in [1.807, 2.05) is 0 Å². The molecule has 0 rings (SSSR count). The molecule has 0 bridgehead atoms. The van der Waals surface area contributed by atoms with Gasteiger partial charge in [0.05, 0.1) is 6.26 Å². The zero-order valence-electron chi connectivity index (χ0n) is 8.06. The number of rotatable bonds is 6. The summed E-state index contributed by atoms with van der Waals surface area (Å²) in [4.78, 5) is 9.11. The van der Waals surface area contributed by atoms with E-state index in [1.165, 1.54) is 5.57 Å². The SMILES string of the molecule is CCCCC(=COP(O)(=S)S)CC. The summed E-state index contributed by atoms with van der Waals surface area (Å²) in [5, 5.41) is 0. The van der Waals surface area contributed by atoms with Crippen molar-refractivity contribution >= 4 is 29.7 Å². The molecule has 5 heteroatoms. The Bertz CT molecular complexity index is 210. The summed E-state index contributed by atoms with van der Waals surface area (Å²) < 4.78 is 4.96. The van der Waals surface area contributed by atoms with Crippen LogP contribution in [0.1, 0.15) is 39.5 Å². The number of hydrogen-bond acceptors (Lipinski definition) is 2. The third kappa shape index (κ3) is 8.82. The van der Waals surface area contributed by atoms with Crippen LogP contribution in [0.2, 0.25) is 0 Å². The van der Waals surface area contributed by atoms with Crippen LogP contribution in [0, 0.1) is 0 Å². The van der Waals surface area contributed by atoms with Crippen LogP contribution in [0.4, 0.5) is 0 Å². The van der Waals surface area contributed by atoms with E-state index >= 15 is 0 Å². The van der Waals surface area contributed by atoms with E-state index < -0.39 is 5.69 Å². The summed E-state index contributed by atoms with van der Waals surface area (Å²) in [6.45, 7) is 4.20. The number of unbranched alkanes of at least 4 members (excludes halogenated alkanes) is 1. The zero-order chi connectivity index (χ0) is 10.3. The highest BCUT2D eigenvalue weighted by atomic mass is 32.9. The lowest BCUT2D eigenvalue weighted by molar-refractivity contribution is 0.448. The molecule has 0 saturated carbocycles. The van der Waals surface area contributed by atoms with E-state index in [0.29, 0.717) is 0 Å². The van der Waals surface area contributed by atoms with Gasteiger partial charge >= 0.3 is 0 Å². The molecule has 0 spiro atoms. The summed E-state index contributed by atoms with van der Waals surface area (Å²) in [5.41, 5.74) is -1.63. The van der Waals surface area contributed by atoms with E-state index in [0.717, 1.165) is 25.7 Å². The lowest BCUT2D eigenvalue weighted by atomic mass is 10.1. The molecule has 1 unspecified atom stereocenters. The number of thiol groups is 1. The normalized spacial score (nSPS) is 16.8. The molecule has 1 atom stereocenters. The minimum Gasteiger partial charge on any atom is -0.444 e. The van der Waals surface area contributed by atoms with Gasteiger partial charge < -0.3 is 9.42 Å². The zero-order valence-corrected chi connectivity index (χ0v) is 10.7. The van der Waals surface area contributed by atoms with Crippen LogP contribution in [-0.4, -0.2) is 4.89 Å². The summed E-state index contributed by atoms with van der Waals surface area (Å²) >= 11 is 8.40. The van der Waals surface area contributed by atoms with Crippen molar-refractivity contribution in [2.75, 3.05) is 0 Å². The lowest BCUT2D eigenvalue weighted by Gasteiger charge is -2.08. The quantitative estimate of drug-likeness (QED) is 0.422. The van der Waals surface area contributed by atoms with Gasteiger partial charge in [-0.1, -0.05) is 32.5 Å². The summed E-state index contributed by atoms with van der Waals surface area (Å²) in [7, 11) is 0. The standard InChI is InChI=1S/C8H17O2PS2/c1-3-5-6-8(4-2)7-10-11(9,12)13/h7H,3-6H2,1-2H3,(H2,9,12,13).